The van der Waals surface area contributed by atoms with Crippen LogP contribution in [0.5, 0.6) is 0 Å². The molecule has 0 bridgehead atoms. The molecule has 1 aliphatic rings. The van der Waals surface area contributed by atoms with E-state index in [4.69, 9.17) is 5.73 Å². The van der Waals surface area contributed by atoms with Gasteiger partial charge in [0.25, 0.3) is 0 Å². The number of nitrogens with zero attached hydrogens (tertiary/aromatic N) is 2. The van der Waals surface area contributed by atoms with Crippen molar-refractivity contribution in [3.63, 3.8) is 0 Å². The van der Waals surface area contributed by atoms with Gasteiger partial charge in [-0.1, -0.05) is 0 Å². The molecule has 0 amide bonds. The molecule has 0 unspecified atom stereocenters. The Morgan fingerprint density at radius 2 is 1.87 bits per heavy atom. The Bertz CT molecular complexity index is 320. The van der Waals surface area contributed by atoms with E-state index >= 15 is 0 Å². The Kier molecular flexibility index (Phi) is 2.82. The van der Waals surface area contributed by atoms with Crippen molar-refractivity contribution in [2.24, 2.45) is 0 Å². The second-order valence-electron chi connectivity index (χ2n) is 4.40. The lowest BCUT2D eigenvalue weighted by Gasteiger charge is -2.39. The number of piperazine rings is 1. The first-order chi connectivity index (χ1) is 7.16. The van der Waals surface area contributed by atoms with Crippen LogP contribution in [-0.4, -0.2) is 37.6 Å². The summed E-state index contributed by atoms with van der Waals surface area (Å²) >= 11 is 0. The summed E-state index contributed by atoms with van der Waals surface area (Å²) < 4.78 is 0. The zero-order valence-corrected chi connectivity index (χ0v) is 9.48. The minimum Gasteiger partial charge on any atom is -0.399 e. The second-order valence-corrected chi connectivity index (χ2v) is 4.40. The van der Waals surface area contributed by atoms with Gasteiger partial charge in [0, 0.05) is 37.1 Å². The number of rotatable bonds is 1. The van der Waals surface area contributed by atoms with Crippen molar-refractivity contribution in [1.82, 2.24) is 4.90 Å². The molecule has 1 heterocycles. The SMILES string of the molecule is C[C@@H]1CN(C)CCN1c1ccc(N)cc1. The smallest absolute Gasteiger partial charge is 0.0389 e. The van der Waals surface area contributed by atoms with Gasteiger partial charge in [-0.3, -0.25) is 0 Å². The lowest BCUT2D eigenvalue weighted by Crippen LogP contribution is -2.50. The quantitative estimate of drug-likeness (QED) is 0.704. The standard InChI is InChI=1S/C12H19N3/c1-10-9-14(2)7-8-15(10)12-5-3-11(13)4-6-12/h3-6,10H,7-9,13H2,1-2H3/t10-/m1/s1. The predicted molar refractivity (Wildman–Crippen MR) is 65.2 cm³/mol. The van der Waals surface area contributed by atoms with Gasteiger partial charge in [0.15, 0.2) is 0 Å². The molecule has 1 aromatic rings. The average Bonchev–Trinajstić information content (AvgIpc) is 2.20. The minimum atomic E-state index is 0.576. The molecule has 82 valence electrons. The summed E-state index contributed by atoms with van der Waals surface area (Å²) in [5, 5.41) is 0. The Morgan fingerprint density at radius 3 is 2.47 bits per heavy atom. The summed E-state index contributed by atoms with van der Waals surface area (Å²) in [4.78, 5) is 4.82. The number of hydrogen-bond acceptors (Lipinski definition) is 3. The maximum absolute atomic E-state index is 5.69. The maximum Gasteiger partial charge on any atom is 0.0389 e. The molecule has 0 saturated carbocycles. The van der Waals surface area contributed by atoms with Gasteiger partial charge in [-0.25, -0.2) is 0 Å². The van der Waals surface area contributed by atoms with Crippen molar-refractivity contribution in [3.8, 4) is 0 Å². The maximum atomic E-state index is 5.69. The third-order valence-corrected chi connectivity index (χ3v) is 3.06. The third-order valence-electron chi connectivity index (χ3n) is 3.06. The average molecular weight is 205 g/mol. The van der Waals surface area contributed by atoms with Gasteiger partial charge in [0.2, 0.25) is 0 Å². The number of anilines is 2. The van der Waals surface area contributed by atoms with Crippen LogP contribution in [0, 0.1) is 0 Å². The van der Waals surface area contributed by atoms with Crippen molar-refractivity contribution in [3.05, 3.63) is 24.3 Å². The molecule has 2 rings (SSSR count). The van der Waals surface area contributed by atoms with Gasteiger partial charge in [0.1, 0.15) is 0 Å². The fraction of sp³-hybridized carbons (Fsp3) is 0.500. The summed E-state index contributed by atoms with van der Waals surface area (Å²) in [6.07, 6.45) is 0. The summed E-state index contributed by atoms with van der Waals surface area (Å²) in [5.74, 6) is 0. The van der Waals surface area contributed by atoms with E-state index in [1.165, 1.54) is 5.69 Å². The number of likely N-dealkylation sites (N-methyl/N-ethyl adjacent to an activating group) is 1. The van der Waals surface area contributed by atoms with E-state index in [0.717, 1.165) is 25.3 Å². The van der Waals surface area contributed by atoms with E-state index in [2.05, 4.69) is 35.9 Å². The van der Waals surface area contributed by atoms with E-state index in [9.17, 15) is 0 Å². The lowest BCUT2D eigenvalue weighted by atomic mass is 10.1. The molecule has 1 saturated heterocycles. The van der Waals surface area contributed by atoms with Crippen molar-refractivity contribution in [2.45, 2.75) is 13.0 Å². The molecule has 3 heteroatoms. The molecule has 0 spiro atoms. The van der Waals surface area contributed by atoms with Crippen LogP contribution < -0.4 is 10.6 Å². The first kappa shape index (κ1) is 10.3. The predicted octanol–water partition coefficient (Wildman–Crippen LogP) is 1.41. The highest BCUT2D eigenvalue weighted by Gasteiger charge is 2.21. The van der Waals surface area contributed by atoms with Crippen LogP contribution in [0.3, 0.4) is 0 Å². The summed E-state index contributed by atoms with van der Waals surface area (Å²) in [6.45, 7) is 5.63. The van der Waals surface area contributed by atoms with Crippen LogP contribution in [0.15, 0.2) is 24.3 Å². The van der Waals surface area contributed by atoms with Crippen LogP contribution in [0.2, 0.25) is 0 Å². The zero-order valence-electron chi connectivity index (χ0n) is 9.48. The fourth-order valence-corrected chi connectivity index (χ4v) is 2.19. The van der Waals surface area contributed by atoms with Crippen molar-refractivity contribution < 1.29 is 0 Å². The van der Waals surface area contributed by atoms with Gasteiger partial charge < -0.3 is 15.5 Å². The van der Waals surface area contributed by atoms with Crippen molar-refractivity contribution >= 4 is 11.4 Å². The lowest BCUT2D eigenvalue weighted by molar-refractivity contribution is 0.275. The van der Waals surface area contributed by atoms with Crippen molar-refractivity contribution in [2.75, 3.05) is 37.3 Å². The molecule has 1 aliphatic heterocycles. The molecule has 15 heavy (non-hydrogen) atoms. The van der Waals surface area contributed by atoms with E-state index < -0.39 is 0 Å². The molecule has 0 aromatic heterocycles. The molecule has 1 atom stereocenters. The van der Waals surface area contributed by atoms with Gasteiger partial charge in [-0.15, -0.1) is 0 Å². The molecule has 3 nitrogen and oxygen atoms in total. The van der Waals surface area contributed by atoms with Gasteiger partial charge in [0.05, 0.1) is 0 Å². The summed E-state index contributed by atoms with van der Waals surface area (Å²) in [6, 6.07) is 8.74. The molecule has 1 aromatic carbocycles. The first-order valence-corrected chi connectivity index (χ1v) is 5.47. The van der Waals surface area contributed by atoms with E-state index in [1.54, 1.807) is 0 Å². The van der Waals surface area contributed by atoms with Crippen LogP contribution in [0.1, 0.15) is 6.92 Å². The zero-order chi connectivity index (χ0) is 10.8. The topological polar surface area (TPSA) is 32.5 Å². The Morgan fingerprint density at radius 1 is 1.20 bits per heavy atom. The summed E-state index contributed by atoms with van der Waals surface area (Å²) in [5.41, 5.74) is 7.80. The first-order valence-electron chi connectivity index (χ1n) is 5.47. The largest absolute Gasteiger partial charge is 0.399 e. The molecular weight excluding hydrogens is 186 g/mol. The monoisotopic (exact) mass is 205 g/mol. The Labute approximate surface area is 91.5 Å². The minimum absolute atomic E-state index is 0.576. The van der Waals surface area contributed by atoms with Crippen LogP contribution >= 0.6 is 0 Å². The second kappa shape index (κ2) is 4.11. The molecule has 2 N–H and O–H groups in total. The fourth-order valence-electron chi connectivity index (χ4n) is 2.19. The van der Waals surface area contributed by atoms with E-state index in [0.29, 0.717) is 6.04 Å². The number of nitrogens with two attached hydrogens (primary N) is 1. The Balaban J connectivity index is 2.13. The number of benzene rings is 1. The molecule has 1 fully saturated rings. The van der Waals surface area contributed by atoms with Gasteiger partial charge in [-0.2, -0.15) is 0 Å². The van der Waals surface area contributed by atoms with Gasteiger partial charge in [-0.05, 0) is 38.2 Å². The van der Waals surface area contributed by atoms with E-state index in [-0.39, 0.29) is 0 Å². The normalized spacial score (nSPS) is 23.1. The Hall–Kier alpha value is -1.22. The highest BCUT2D eigenvalue weighted by Crippen LogP contribution is 2.21. The third kappa shape index (κ3) is 2.23. The molecule has 0 radical (unpaired) electrons. The number of hydrogen-bond donors (Lipinski definition) is 1. The summed E-state index contributed by atoms with van der Waals surface area (Å²) in [7, 11) is 2.18. The van der Waals surface area contributed by atoms with Crippen LogP contribution in [0.25, 0.3) is 0 Å². The van der Waals surface area contributed by atoms with E-state index in [1.807, 2.05) is 12.1 Å². The highest BCUT2D eigenvalue weighted by molar-refractivity contribution is 5.54. The molecular formula is C12H19N3. The highest BCUT2D eigenvalue weighted by atomic mass is 15.3. The van der Waals surface area contributed by atoms with Gasteiger partial charge >= 0.3 is 0 Å². The van der Waals surface area contributed by atoms with Crippen LogP contribution in [0.4, 0.5) is 11.4 Å². The molecule has 0 aliphatic carbocycles. The number of nitrogen functional groups attached to an aromatic ring is 1. The van der Waals surface area contributed by atoms with Crippen LogP contribution in [-0.2, 0) is 0 Å². The van der Waals surface area contributed by atoms with Crippen molar-refractivity contribution in [1.29, 1.82) is 0 Å².